The molecule has 0 aromatic heterocycles. The third kappa shape index (κ3) is 3.03. The molecule has 5 rings (SSSR count). The summed E-state index contributed by atoms with van der Waals surface area (Å²) in [5.41, 5.74) is 17.0. The van der Waals surface area contributed by atoms with E-state index in [0.717, 1.165) is 50.0 Å². The quantitative estimate of drug-likeness (QED) is 0.275. The summed E-state index contributed by atoms with van der Waals surface area (Å²) in [7, 11) is 0. The summed E-state index contributed by atoms with van der Waals surface area (Å²) in [6.45, 7) is 0. The van der Waals surface area contributed by atoms with Gasteiger partial charge in [-0.15, -0.1) is 0 Å². The van der Waals surface area contributed by atoms with Crippen LogP contribution in [0.25, 0.3) is 21.5 Å². The van der Waals surface area contributed by atoms with Gasteiger partial charge in [0.05, 0.1) is 5.69 Å². The molecule has 0 saturated heterocycles. The second kappa shape index (κ2) is 6.88. The van der Waals surface area contributed by atoms with E-state index in [0.29, 0.717) is 0 Å². The summed E-state index contributed by atoms with van der Waals surface area (Å²) >= 11 is 0. The summed E-state index contributed by atoms with van der Waals surface area (Å²) in [4.78, 5) is 2.30. The van der Waals surface area contributed by atoms with Crippen molar-refractivity contribution in [2.45, 2.75) is 0 Å². The van der Waals surface area contributed by atoms with Crippen molar-refractivity contribution in [1.29, 1.82) is 0 Å². The van der Waals surface area contributed by atoms with E-state index in [1.165, 1.54) is 0 Å². The Morgan fingerprint density at radius 2 is 0.931 bits per heavy atom. The Morgan fingerprint density at radius 1 is 0.483 bits per heavy atom. The molecule has 0 aliphatic heterocycles. The molecule has 0 fully saturated rings. The van der Waals surface area contributed by atoms with Crippen LogP contribution in [0.5, 0.6) is 0 Å². The van der Waals surface area contributed by atoms with E-state index in [2.05, 4.69) is 71.6 Å². The van der Waals surface area contributed by atoms with Gasteiger partial charge in [-0.05, 0) is 65.4 Å². The number of para-hydroxylation sites is 2. The van der Waals surface area contributed by atoms with E-state index in [9.17, 15) is 0 Å². The Kier molecular flexibility index (Phi) is 4.07. The van der Waals surface area contributed by atoms with E-state index in [-0.39, 0.29) is 0 Å². The third-order valence-electron chi connectivity index (χ3n) is 5.22. The molecule has 0 aliphatic carbocycles. The topological polar surface area (TPSA) is 55.3 Å². The molecule has 3 heteroatoms. The maximum absolute atomic E-state index is 6.11. The van der Waals surface area contributed by atoms with Gasteiger partial charge in [-0.1, -0.05) is 48.5 Å². The predicted molar refractivity (Wildman–Crippen MR) is 125 cm³/mol. The largest absolute Gasteiger partial charge is 0.399 e. The zero-order valence-electron chi connectivity index (χ0n) is 15.9. The zero-order valence-corrected chi connectivity index (χ0v) is 15.9. The van der Waals surface area contributed by atoms with Gasteiger partial charge in [-0.3, -0.25) is 0 Å². The summed E-state index contributed by atoms with van der Waals surface area (Å²) in [5.74, 6) is 0. The van der Waals surface area contributed by atoms with Crippen molar-refractivity contribution in [2.24, 2.45) is 0 Å². The number of hydrogen-bond donors (Lipinski definition) is 2. The SMILES string of the molecule is Nc1ccc2c(N(c3ccccc3)c3ccccc3)c3ccc(N)cc3cc2c1. The van der Waals surface area contributed by atoms with Gasteiger partial charge in [0.1, 0.15) is 0 Å². The van der Waals surface area contributed by atoms with E-state index in [4.69, 9.17) is 11.5 Å². The average molecular weight is 375 g/mol. The van der Waals surface area contributed by atoms with Crippen LogP contribution in [-0.2, 0) is 0 Å². The molecule has 0 radical (unpaired) electrons. The molecular weight excluding hydrogens is 354 g/mol. The van der Waals surface area contributed by atoms with E-state index < -0.39 is 0 Å². The first-order chi connectivity index (χ1) is 14.2. The lowest BCUT2D eigenvalue weighted by molar-refractivity contribution is 1.31. The Bertz CT molecular complexity index is 1210. The van der Waals surface area contributed by atoms with Crippen LogP contribution in [0.15, 0.2) is 103 Å². The van der Waals surface area contributed by atoms with Gasteiger partial charge >= 0.3 is 0 Å². The van der Waals surface area contributed by atoms with Crippen molar-refractivity contribution in [3.8, 4) is 0 Å². The first-order valence-corrected chi connectivity index (χ1v) is 9.62. The van der Waals surface area contributed by atoms with Crippen LogP contribution in [-0.4, -0.2) is 0 Å². The Hall–Kier alpha value is -3.98. The fourth-order valence-corrected chi connectivity index (χ4v) is 3.95. The van der Waals surface area contributed by atoms with Gasteiger partial charge in [-0.2, -0.15) is 0 Å². The predicted octanol–water partition coefficient (Wildman–Crippen LogP) is 6.63. The number of anilines is 5. The molecule has 0 saturated carbocycles. The molecule has 5 aromatic carbocycles. The highest BCUT2D eigenvalue weighted by Gasteiger charge is 2.18. The van der Waals surface area contributed by atoms with Crippen molar-refractivity contribution in [3.63, 3.8) is 0 Å². The summed E-state index contributed by atoms with van der Waals surface area (Å²) < 4.78 is 0. The van der Waals surface area contributed by atoms with Crippen molar-refractivity contribution in [2.75, 3.05) is 16.4 Å². The van der Waals surface area contributed by atoms with Gasteiger partial charge in [0.25, 0.3) is 0 Å². The maximum atomic E-state index is 6.11. The van der Waals surface area contributed by atoms with E-state index in [1.807, 2.05) is 36.4 Å². The second-order valence-electron chi connectivity index (χ2n) is 7.19. The molecular formula is C26H21N3. The van der Waals surface area contributed by atoms with Crippen LogP contribution in [0.3, 0.4) is 0 Å². The monoisotopic (exact) mass is 375 g/mol. The van der Waals surface area contributed by atoms with Crippen molar-refractivity contribution < 1.29 is 0 Å². The molecule has 0 bridgehead atoms. The van der Waals surface area contributed by atoms with Gasteiger partial charge in [-0.25, -0.2) is 0 Å². The third-order valence-corrected chi connectivity index (χ3v) is 5.22. The number of nitrogens with two attached hydrogens (primary N) is 2. The van der Waals surface area contributed by atoms with Crippen molar-refractivity contribution in [3.05, 3.63) is 103 Å². The number of nitrogens with zero attached hydrogens (tertiary/aromatic N) is 1. The molecule has 0 atom stereocenters. The fraction of sp³-hybridized carbons (Fsp3) is 0. The minimum atomic E-state index is 0.748. The maximum Gasteiger partial charge on any atom is 0.0618 e. The highest BCUT2D eigenvalue weighted by atomic mass is 15.1. The summed E-state index contributed by atoms with van der Waals surface area (Å²) in [6, 6.07) is 35.2. The van der Waals surface area contributed by atoms with Crippen LogP contribution >= 0.6 is 0 Å². The lowest BCUT2D eigenvalue weighted by Gasteiger charge is -2.28. The number of hydrogen-bond acceptors (Lipinski definition) is 3. The summed E-state index contributed by atoms with van der Waals surface area (Å²) in [6.07, 6.45) is 0. The van der Waals surface area contributed by atoms with Gasteiger partial charge in [0.2, 0.25) is 0 Å². The lowest BCUT2D eigenvalue weighted by atomic mass is 9.98. The highest BCUT2D eigenvalue weighted by Crippen LogP contribution is 2.44. The minimum Gasteiger partial charge on any atom is -0.399 e. The zero-order chi connectivity index (χ0) is 19.8. The van der Waals surface area contributed by atoms with Crippen molar-refractivity contribution in [1.82, 2.24) is 0 Å². The van der Waals surface area contributed by atoms with Gasteiger partial charge in [0.15, 0.2) is 0 Å². The Balaban J connectivity index is 1.93. The standard InChI is InChI=1S/C26H21N3/c27-20-11-13-24-18(16-20)15-19-17-21(28)12-14-25(19)26(24)29(22-7-3-1-4-8-22)23-9-5-2-6-10-23/h1-17H,27-28H2. The number of rotatable bonds is 3. The lowest BCUT2D eigenvalue weighted by Crippen LogP contribution is -2.11. The first kappa shape index (κ1) is 17.1. The molecule has 29 heavy (non-hydrogen) atoms. The summed E-state index contributed by atoms with van der Waals surface area (Å²) in [5, 5.41) is 4.47. The Morgan fingerprint density at radius 3 is 1.38 bits per heavy atom. The normalized spacial score (nSPS) is 11.0. The smallest absolute Gasteiger partial charge is 0.0618 e. The second-order valence-corrected chi connectivity index (χ2v) is 7.19. The van der Waals surface area contributed by atoms with Crippen LogP contribution in [0.1, 0.15) is 0 Å². The average Bonchev–Trinajstić information content (AvgIpc) is 2.74. The molecule has 140 valence electrons. The minimum absolute atomic E-state index is 0.748. The molecule has 0 aliphatic rings. The molecule has 0 amide bonds. The highest BCUT2D eigenvalue weighted by molar-refractivity contribution is 6.15. The van der Waals surface area contributed by atoms with Crippen LogP contribution in [0.2, 0.25) is 0 Å². The fourth-order valence-electron chi connectivity index (χ4n) is 3.95. The number of nitrogen functional groups attached to an aromatic ring is 2. The molecule has 0 heterocycles. The molecule has 4 N–H and O–H groups in total. The van der Waals surface area contributed by atoms with Crippen LogP contribution < -0.4 is 16.4 Å². The number of fused-ring (bicyclic) bond motifs is 2. The van der Waals surface area contributed by atoms with Crippen LogP contribution in [0.4, 0.5) is 28.4 Å². The molecule has 0 spiro atoms. The van der Waals surface area contributed by atoms with Crippen LogP contribution in [0, 0.1) is 0 Å². The Labute approximate surface area is 169 Å². The molecule has 3 nitrogen and oxygen atoms in total. The first-order valence-electron chi connectivity index (χ1n) is 9.62. The van der Waals surface area contributed by atoms with Crippen molar-refractivity contribution >= 4 is 50.0 Å². The van der Waals surface area contributed by atoms with E-state index >= 15 is 0 Å². The van der Waals surface area contributed by atoms with E-state index in [1.54, 1.807) is 0 Å². The van der Waals surface area contributed by atoms with Gasteiger partial charge in [0, 0.05) is 33.5 Å². The van der Waals surface area contributed by atoms with Gasteiger partial charge < -0.3 is 16.4 Å². The molecule has 0 unspecified atom stereocenters. The molecule has 5 aromatic rings. The number of benzene rings is 5.